The van der Waals surface area contributed by atoms with Crippen LogP contribution >= 0.6 is 0 Å². The van der Waals surface area contributed by atoms with Crippen molar-refractivity contribution in [3.05, 3.63) is 81.9 Å². The monoisotopic (exact) mass is 481 g/mol. The smallest absolute Gasteiger partial charge is 0.252 e. The van der Waals surface area contributed by atoms with E-state index in [0.717, 1.165) is 50.4 Å². The van der Waals surface area contributed by atoms with Gasteiger partial charge < -0.3 is 14.5 Å². The summed E-state index contributed by atoms with van der Waals surface area (Å²) in [5.74, 6) is -0.171. The van der Waals surface area contributed by atoms with Gasteiger partial charge in [0.05, 0.1) is 5.69 Å². The van der Waals surface area contributed by atoms with Gasteiger partial charge in [0.15, 0.2) is 0 Å². The molecule has 1 unspecified atom stereocenters. The van der Waals surface area contributed by atoms with Crippen molar-refractivity contribution in [1.29, 1.82) is 0 Å². The molecule has 1 atom stereocenters. The quantitative estimate of drug-likeness (QED) is 0.415. The lowest BCUT2D eigenvalue weighted by molar-refractivity contribution is -0.119. The molecule has 1 amide bonds. The maximum Gasteiger partial charge on any atom is 0.252 e. The number of benzene rings is 2. The van der Waals surface area contributed by atoms with Gasteiger partial charge in [-0.2, -0.15) is 5.10 Å². The van der Waals surface area contributed by atoms with Crippen LogP contribution in [0.15, 0.2) is 64.5 Å². The number of hydrazine groups is 2. The fourth-order valence-corrected chi connectivity index (χ4v) is 5.20. The molecule has 0 aliphatic carbocycles. The zero-order valence-electron chi connectivity index (χ0n) is 20.4. The maximum absolute atomic E-state index is 13.3. The van der Waals surface area contributed by atoms with E-state index in [1.54, 1.807) is 22.0 Å². The van der Waals surface area contributed by atoms with E-state index >= 15 is 0 Å². The molecular weight excluding hydrogens is 454 g/mol. The second-order valence-electron chi connectivity index (χ2n) is 9.46. The second kappa shape index (κ2) is 8.39. The molecule has 0 bridgehead atoms. The average molecular weight is 482 g/mol. The Hall–Kier alpha value is -4.37. The number of aryl methyl sites for hydroxylation is 4. The molecular formula is C27H27N7O2. The minimum Gasteiger partial charge on any atom is -0.348 e. The highest BCUT2D eigenvalue weighted by Gasteiger charge is 2.30. The summed E-state index contributed by atoms with van der Waals surface area (Å²) >= 11 is 0. The van der Waals surface area contributed by atoms with Crippen molar-refractivity contribution in [2.75, 3.05) is 10.3 Å². The van der Waals surface area contributed by atoms with Crippen LogP contribution in [0.3, 0.4) is 0 Å². The number of anilines is 2. The Bertz CT molecular complexity index is 1610. The highest BCUT2D eigenvalue weighted by Crippen LogP contribution is 2.34. The molecule has 0 spiro atoms. The summed E-state index contributed by atoms with van der Waals surface area (Å²) in [6, 6.07) is 17.1. The van der Waals surface area contributed by atoms with Crippen LogP contribution in [0.1, 0.15) is 29.4 Å². The number of pyridine rings is 1. The molecule has 0 fully saturated rings. The molecule has 3 N–H and O–H groups in total. The first-order valence-electron chi connectivity index (χ1n) is 12.0. The third kappa shape index (κ3) is 3.64. The van der Waals surface area contributed by atoms with Crippen molar-refractivity contribution < 1.29 is 4.79 Å². The van der Waals surface area contributed by atoms with Crippen molar-refractivity contribution in [3.63, 3.8) is 0 Å². The predicted molar refractivity (Wildman–Crippen MR) is 142 cm³/mol. The molecule has 6 rings (SSSR count). The van der Waals surface area contributed by atoms with E-state index in [1.165, 1.54) is 0 Å². The number of fused-ring (bicyclic) bond motifs is 2. The Morgan fingerprint density at radius 1 is 1.08 bits per heavy atom. The molecule has 4 heterocycles. The van der Waals surface area contributed by atoms with E-state index in [4.69, 9.17) is 0 Å². The number of nitrogens with zero attached hydrogens (tertiary/aromatic N) is 4. The van der Waals surface area contributed by atoms with Crippen molar-refractivity contribution >= 4 is 34.5 Å². The molecule has 0 saturated heterocycles. The molecule has 9 nitrogen and oxygen atoms in total. The van der Waals surface area contributed by atoms with E-state index < -0.39 is 6.04 Å². The fourth-order valence-electron chi connectivity index (χ4n) is 5.20. The Balaban J connectivity index is 1.31. The van der Waals surface area contributed by atoms with Gasteiger partial charge in [-0.3, -0.25) is 9.59 Å². The van der Waals surface area contributed by atoms with Crippen LogP contribution in [0.4, 0.5) is 11.4 Å². The normalized spacial score (nSPS) is 16.4. The topological polar surface area (TPSA) is 95.7 Å². The van der Waals surface area contributed by atoms with Gasteiger partial charge in [0.1, 0.15) is 12.4 Å². The van der Waals surface area contributed by atoms with Crippen LogP contribution in [0.2, 0.25) is 0 Å². The third-order valence-electron chi connectivity index (χ3n) is 7.12. The highest BCUT2D eigenvalue weighted by molar-refractivity contribution is 5.96. The molecule has 2 aromatic heterocycles. The van der Waals surface area contributed by atoms with E-state index in [1.807, 2.05) is 50.4 Å². The minimum absolute atomic E-state index is 0.171. The summed E-state index contributed by atoms with van der Waals surface area (Å²) in [6.45, 7) is 4.08. The van der Waals surface area contributed by atoms with E-state index in [-0.39, 0.29) is 11.5 Å². The summed E-state index contributed by atoms with van der Waals surface area (Å²) in [4.78, 5) is 26.6. The lowest BCUT2D eigenvalue weighted by Gasteiger charge is -2.20. The number of rotatable bonds is 4. The lowest BCUT2D eigenvalue weighted by atomic mass is 10.0. The molecule has 4 aromatic rings. The minimum atomic E-state index is -0.539. The van der Waals surface area contributed by atoms with Crippen molar-refractivity contribution in [2.45, 2.75) is 32.7 Å². The van der Waals surface area contributed by atoms with Gasteiger partial charge in [-0.15, -0.1) is 5.53 Å². The zero-order chi connectivity index (χ0) is 25.0. The van der Waals surface area contributed by atoms with Crippen LogP contribution in [0.5, 0.6) is 0 Å². The van der Waals surface area contributed by atoms with Gasteiger partial charge in [0.2, 0.25) is 5.91 Å². The molecule has 182 valence electrons. The van der Waals surface area contributed by atoms with E-state index in [9.17, 15) is 9.59 Å². The van der Waals surface area contributed by atoms with Crippen molar-refractivity contribution in [2.24, 2.45) is 12.1 Å². The number of nitrogens with one attached hydrogen (secondary N) is 3. The van der Waals surface area contributed by atoms with Gasteiger partial charge in [0, 0.05) is 46.7 Å². The second-order valence-corrected chi connectivity index (χ2v) is 9.46. The number of carbonyl (C=O) groups is 1. The molecule has 2 aliphatic rings. The van der Waals surface area contributed by atoms with E-state index in [2.05, 4.69) is 45.1 Å². The van der Waals surface area contributed by atoms with Crippen LogP contribution in [0, 0.1) is 13.8 Å². The lowest BCUT2D eigenvalue weighted by Crippen LogP contribution is -2.37. The molecule has 9 heteroatoms. The van der Waals surface area contributed by atoms with Gasteiger partial charge in [-0.25, -0.2) is 10.5 Å². The Morgan fingerprint density at radius 2 is 1.94 bits per heavy atom. The van der Waals surface area contributed by atoms with Crippen LogP contribution in [-0.4, -0.2) is 21.4 Å². The molecule has 0 radical (unpaired) electrons. The van der Waals surface area contributed by atoms with Gasteiger partial charge >= 0.3 is 0 Å². The zero-order valence-corrected chi connectivity index (χ0v) is 20.4. The number of carbonyl (C=O) groups excluding carboxylic acids is 1. The largest absolute Gasteiger partial charge is 0.348 e. The van der Waals surface area contributed by atoms with E-state index in [0.29, 0.717) is 12.8 Å². The first-order valence-corrected chi connectivity index (χ1v) is 12.0. The van der Waals surface area contributed by atoms with Crippen LogP contribution in [-0.2, 0) is 18.3 Å². The molecule has 36 heavy (non-hydrogen) atoms. The maximum atomic E-state index is 13.3. The number of hydrogen-bond acceptors (Lipinski definition) is 6. The first kappa shape index (κ1) is 22.1. The van der Waals surface area contributed by atoms with Crippen molar-refractivity contribution in [3.8, 4) is 11.1 Å². The fraction of sp³-hybridized carbons (Fsp3) is 0.222. The van der Waals surface area contributed by atoms with Gasteiger partial charge in [-0.05, 0) is 74.7 Å². The number of amides is 1. The third-order valence-corrected chi connectivity index (χ3v) is 7.12. The molecule has 2 aromatic carbocycles. The molecule has 2 aliphatic heterocycles. The average Bonchev–Trinajstić information content (AvgIpc) is 3.59. The summed E-state index contributed by atoms with van der Waals surface area (Å²) in [5.41, 5.74) is 13.0. The number of hydrogen-bond donors (Lipinski definition) is 3. The number of aromatic nitrogens is 2. The Kier molecular flexibility index (Phi) is 5.15. The molecule has 0 saturated carbocycles. The summed E-state index contributed by atoms with van der Waals surface area (Å²) in [6.07, 6.45) is 2.88. The SMILES string of the molecule is Cc1ccc(N2C=NNN2)c(-c2cc3n(c(=O)c2)C(C(=O)Nc2ccc4c(c2)cc(C)n4C)CC3)c1. The predicted octanol–water partition coefficient (Wildman–Crippen LogP) is 3.52. The Morgan fingerprint density at radius 3 is 2.75 bits per heavy atom. The standard InChI is InChI=1S/C27H27N7O2/c1-16-4-7-24(33-15-28-30-31-33)22(10-16)18-13-21-6-9-25(34(21)26(35)14-18)27(36)29-20-5-8-23-19(12-20)11-17(2)32(23)3/h4-5,7-8,10-15,25,30-31H,6,9H2,1-3H3,(H,29,36). The van der Waals surface area contributed by atoms with Crippen molar-refractivity contribution in [1.82, 2.24) is 20.2 Å². The van der Waals surface area contributed by atoms with Gasteiger partial charge in [-0.1, -0.05) is 11.6 Å². The highest BCUT2D eigenvalue weighted by atomic mass is 16.2. The number of hydrazone groups is 1. The summed E-state index contributed by atoms with van der Waals surface area (Å²) < 4.78 is 3.75. The van der Waals surface area contributed by atoms with Crippen LogP contribution in [0.25, 0.3) is 22.0 Å². The summed E-state index contributed by atoms with van der Waals surface area (Å²) in [7, 11) is 2.03. The Labute approximate surface area is 208 Å². The summed E-state index contributed by atoms with van der Waals surface area (Å²) in [5, 5.41) is 9.85. The van der Waals surface area contributed by atoms with Gasteiger partial charge in [0.25, 0.3) is 5.56 Å². The first-order chi connectivity index (χ1) is 17.4. The van der Waals surface area contributed by atoms with Crippen LogP contribution < -0.4 is 27.0 Å².